The lowest BCUT2D eigenvalue weighted by molar-refractivity contribution is -0.132. The second-order valence-electron chi connectivity index (χ2n) is 6.93. The van der Waals surface area contributed by atoms with Crippen molar-refractivity contribution >= 4 is 17.2 Å². The van der Waals surface area contributed by atoms with Crippen LogP contribution in [0.3, 0.4) is 0 Å². The van der Waals surface area contributed by atoms with Crippen LogP contribution in [0.15, 0.2) is 11.6 Å². The summed E-state index contributed by atoms with van der Waals surface area (Å²) >= 11 is 1.65. The average molecular weight is 320 g/mol. The fraction of sp³-hybridized carbons (Fsp3) is 0.750. The Hall–Kier alpha value is -0.980. The lowest BCUT2D eigenvalue weighted by Crippen LogP contribution is -2.43. The molecule has 2 heterocycles. The van der Waals surface area contributed by atoms with Gasteiger partial charge in [-0.2, -0.15) is 0 Å². The van der Waals surface area contributed by atoms with Crippen LogP contribution in [-0.4, -0.2) is 47.5 Å². The maximum atomic E-state index is 12.7. The first-order valence-electron chi connectivity index (χ1n) is 8.39. The number of amides is 1. The summed E-state index contributed by atoms with van der Waals surface area (Å²) < 4.78 is 0. The molecule has 1 spiro atoms. The first-order valence-corrected chi connectivity index (χ1v) is 9.27. The number of hydrogen-bond acceptors (Lipinski definition) is 5. The Morgan fingerprint density at radius 1 is 1.45 bits per heavy atom. The number of carbonyl (C=O) groups excluding carboxylic acids is 1. The van der Waals surface area contributed by atoms with Crippen LogP contribution in [0.25, 0.3) is 0 Å². The van der Waals surface area contributed by atoms with Gasteiger partial charge in [-0.3, -0.25) is 4.79 Å². The minimum Gasteiger partial charge on any atom is -0.331 e. The summed E-state index contributed by atoms with van der Waals surface area (Å²) in [6, 6.07) is 1.00. The zero-order valence-electron chi connectivity index (χ0n) is 12.9. The number of hydrogen-bond donors (Lipinski definition) is 2. The number of thiazole rings is 1. The summed E-state index contributed by atoms with van der Waals surface area (Å²) in [4.78, 5) is 19.2. The van der Waals surface area contributed by atoms with Crippen LogP contribution in [-0.2, 0) is 11.3 Å². The van der Waals surface area contributed by atoms with Crippen molar-refractivity contribution in [2.75, 3.05) is 19.6 Å². The molecule has 3 aliphatic rings. The predicted molar refractivity (Wildman–Crippen MR) is 86.6 cm³/mol. The molecule has 3 fully saturated rings. The van der Waals surface area contributed by atoms with Crippen molar-refractivity contribution in [1.82, 2.24) is 20.5 Å². The minimum absolute atomic E-state index is 0.252. The summed E-state index contributed by atoms with van der Waals surface area (Å²) in [7, 11) is 0. The van der Waals surface area contributed by atoms with Gasteiger partial charge in [0.1, 0.15) is 5.01 Å². The maximum Gasteiger partial charge on any atom is 0.237 e. The van der Waals surface area contributed by atoms with Gasteiger partial charge in [0.2, 0.25) is 5.91 Å². The van der Waals surface area contributed by atoms with Crippen LogP contribution >= 0.6 is 11.3 Å². The standard InChI is InChI=1S/C16H24N4OS/c21-15(10-19-12-1-2-12)20(11-14-18-7-8-22-14)13-9-16(13)3-5-17-6-4-16/h7-8,12-13,17,19H,1-6,9-11H2. The van der Waals surface area contributed by atoms with E-state index < -0.39 is 0 Å². The maximum absolute atomic E-state index is 12.7. The van der Waals surface area contributed by atoms with Gasteiger partial charge in [-0.25, -0.2) is 4.98 Å². The molecule has 120 valence electrons. The van der Waals surface area contributed by atoms with Crippen molar-refractivity contribution in [2.45, 2.75) is 50.7 Å². The molecule has 2 saturated carbocycles. The quantitative estimate of drug-likeness (QED) is 0.831. The summed E-state index contributed by atoms with van der Waals surface area (Å²) in [6.45, 7) is 3.36. The number of nitrogens with one attached hydrogen (secondary N) is 2. The Balaban J connectivity index is 1.44. The van der Waals surface area contributed by atoms with E-state index in [4.69, 9.17) is 0 Å². The molecule has 1 aliphatic heterocycles. The molecule has 6 heteroatoms. The zero-order chi connectivity index (χ0) is 15.0. The second kappa shape index (κ2) is 5.91. The van der Waals surface area contributed by atoms with Gasteiger partial charge in [0.15, 0.2) is 0 Å². The largest absolute Gasteiger partial charge is 0.331 e. The molecule has 2 aliphatic carbocycles. The highest BCUT2D eigenvalue weighted by Gasteiger charge is 2.57. The van der Waals surface area contributed by atoms with Crippen molar-refractivity contribution in [1.29, 1.82) is 0 Å². The summed E-state index contributed by atoms with van der Waals surface area (Å²) in [6.07, 6.45) is 7.86. The lowest BCUT2D eigenvalue weighted by Gasteiger charge is -2.29. The van der Waals surface area contributed by atoms with Gasteiger partial charge in [-0.15, -0.1) is 11.3 Å². The topological polar surface area (TPSA) is 57.3 Å². The first-order chi connectivity index (χ1) is 10.8. The van der Waals surface area contributed by atoms with Crippen molar-refractivity contribution in [2.24, 2.45) is 5.41 Å². The van der Waals surface area contributed by atoms with Crippen molar-refractivity contribution in [3.63, 3.8) is 0 Å². The monoisotopic (exact) mass is 320 g/mol. The van der Waals surface area contributed by atoms with Gasteiger partial charge >= 0.3 is 0 Å². The highest BCUT2D eigenvalue weighted by Crippen LogP contribution is 2.56. The molecule has 22 heavy (non-hydrogen) atoms. The Bertz CT molecular complexity index is 522. The first kappa shape index (κ1) is 14.6. The van der Waals surface area contributed by atoms with Crippen LogP contribution in [0.4, 0.5) is 0 Å². The van der Waals surface area contributed by atoms with Crippen molar-refractivity contribution in [3.8, 4) is 0 Å². The average Bonchev–Trinajstić information content (AvgIpc) is 3.43. The smallest absolute Gasteiger partial charge is 0.237 e. The molecule has 1 saturated heterocycles. The summed E-state index contributed by atoms with van der Waals surface area (Å²) in [5.74, 6) is 0.252. The van der Waals surface area contributed by atoms with Crippen molar-refractivity contribution in [3.05, 3.63) is 16.6 Å². The van der Waals surface area contributed by atoms with Gasteiger partial charge in [0.05, 0.1) is 13.1 Å². The molecule has 0 aromatic carbocycles. The molecule has 1 aromatic rings. The van der Waals surface area contributed by atoms with E-state index in [2.05, 4.69) is 20.5 Å². The highest BCUT2D eigenvalue weighted by atomic mass is 32.1. The molecular formula is C16H24N4OS. The minimum atomic E-state index is 0.252. The van der Waals surface area contributed by atoms with E-state index >= 15 is 0 Å². The number of piperidine rings is 1. The number of nitrogens with zero attached hydrogens (tertiary/aromatic N) is 2. The SMILES string of the molecule is O=C(CNC1CC1)N(Cc1nccs1)C1CC12CCNCC2. The molecular weight excluding hydrogens is 296 g/mol. The third-order valence-electron chi connectivity index (χ3n) is 5.35. The van der Waals surface area contributed by atoms with E-state index in [0.29, 0.717) is 30.6 Å². The van der Waals surface area contributed by atoms with Crippen LogP contribution in [0.5, 0.6) is 0 Å². The third-order valence-corrected chi connectivity index (χ3v) is 6.12. The molecule has 5 nitrogen and oxygen atoms in total. The Kier molecular flexibility index (Phi) is 3.92. The van der Waals surface area contributed by atoms with Gasteiger partial charge in [-0.1, -0.05) is 0 Å². The zero-order valence-corrected chi connectivity index (χ0v) is 13.7. The van der Waals surface area contributed by atoms with E-state index in [9.17, 15) is 4.79 Å². The normalized spacial score (nSPS) is 26.1. The van der Waals surface area contributed by atoms with Crippen molar-refractivity contribution < 1.29 is 4.79 Å². The summed E-state index contributed by atoms with van der Waals surface area (Å²) in [5, 5.41) is 9.85. The van der Waals surface area contributed by atoms with Gasteiger partial charge < -0.3 is 15.5 Å². The van der Waals surface area contributed by atoms with E-state index in [1.807, 2.05) is 11.6 Å². The molecule has 1 unspecified atom stereocenters. The molecule has 4 rings (SSSR count). The van der Waals surface area contributed by atoms with Crippen LogP contribution in [0.1, 0.15) is 37.1 Å². The van der Waals surface area contributed by atoms with Crippen LogP contribution in [0, 0.1) is 5.41 Å². The van der Waals surface area contributed by atoms with E-state index in [-0.39, 0.29) is 5.91 Å². The Morgan fingerprint density at radius 3 is 2.95 bits per heavy atom. The third kappa shape index (κ3) is 3.05. The van der Waals surface area contributed by atoms with Crippen LogP contribution in [0.2, 0.25) is 0 Å². The fourth-order valence-electron chi connectivity index (χ4n) is 3.70. The van der Waals surface area contributed by atoms with E-state index in [1.54, 1.807) is 11.3 Å². The lowest BCUT2D eigenvalue weighted by atomic mass is 9.93. The number of aromatic nitrogens is 1. The van der Waals surface area contributed by atoms with Gasteiger partial charge in [0.25, 0.3) is 0 Å². The molecule has 1 aromatic heterocycles. The highest BCUT2D eigenvalue weighted by molar-refractivity contribution is 7.09. The predicted octanol–water partition coefficient (Wildman–Crippen LogP) is 1.37. The van der Waals surface area contributed by atoms with E-state index in [1.165, 1.54) is 32.1 Å². The Morgan fingerprint density at radius 2 is 2.27 bits per heavy atom. The van der Waals surface area contributed by atoms with Crippen LogP contribution < -0.4 is 10.6 Å². The molecule has 0 bridgehead atoms. The van der Waals surface area contributed by atoms with Gasteiger partial charge in [0, 0.05) is 23.7 Å². The molecule has 1 atom stereocenters. The fourth-order valence-corrected chi connectivity index (χ4v) is 4.31. The molecule has 0 radical (unpaired) electrons. The van der Waals surface area contributed by atoms with Gasteiger partial charge in [-0.05, 0) is 50.6 Å². The number of carbonyl (C=O) groups is 1. The number of rotatable bonds is 6. The Labute approximate surface area is 135 Å². The second-order valence-corrected chi connectivity index (χ2v) is 7.91. The summed E-state index contributed by atoms with van der Waals surface area (Å²) in [5.41, 5.74) is 0.387. The molecule has 1 amide bonds. The van der Waals surface area contributed by atoms with E-state index in [0.717, 1.165) is 18.1 Å². The molecule has 2 N–H and O–H groups in total.